The zero-order valence-corrected chi connectivity index (χ0v) is 20.6. The van der Waals surface area contributed by atoms with Crippen LogP contribution in [-0.4, -0.2) is 0 Å². The van der Waals surface area contributed by atoms with Crippen molar-refractivity contribution in [2.24, 2.45) is 0 Å². The summed E-state index contributed by atoms with van der Waals surface area (Å²) in [5, 5.41) is 0. The van der Waals surface area contributed by atoms with Crippen molar-refractivity contribution in [3.8, 4) is 0 Å². The Labute approximate surface area is 205 Å². The molecule has 2 aliphatic rings. The van der Waals surface area contributed by atoms with E-state index >= 15 is 0 Å². The summed E-state index contributed by atoms with van der Waals surface area (Å²) in [5.74, 6) is 1.06. The van der Waals surface area contributed by atoms with Crippen LogP contribution in [0, 0.1) is 0 Å². The van der Waals surface area contributed by atoms with Crippen LogP contribution in [0.2, 0.25) is 0 Å². The first-order chi connectivity index (χ1) is 16.7. The van der Waals surface area contributed by atoms with Gasteiger partial charge in [0.15, 0.2) is 0 Å². The molecule has 0 aliphatic heterocycles. The Morgan fingerprint density at radius 1 is 0.500 bits per heavy atom. The van der Waals surface area contributed by atoms with Crippen molar-refractivity contribution in [3.05, 3.63) is 94.0 Å². The largest absolute Gasteiger partial charge is 0.398 e. The van der Waals surface area contributed by atoms with Gasteiger partial charge in [0.2, 0.25) is 0 Å². The van der Waals surface area contributed by atoms with E-state index in [1.807, 2.05) is 0 Å². The molecule has 0 saturated heterocycles. The van der Waals surface area contributed by atoms with Gasteiger partial charge in [0.1, 0.15) is 0 Å². The molecule has 2 fully saturated rings. The van der Waals surface area contributed by atoms with Crippen molar-refractivity contribution in [1.29, 1.82) is 0 Å². The van der Waals surface area contributed by atoms with Gasteiger partial charge in [0, 0.05) is 16.9 Å². The average molecular weight is 453 g/mol. The Bertz CT molecular complexity index is 1010. The van der Waals surface area contributed by atoms with Gasteiger partial charge in [-0.2, -0.15) is 0 Å². The summed E-state index contributed by atoms with van der Waals surface area (Å²) >= 11 is 0. The number of hydrogen-bond acceptors (Lipinski definition) is 2. The molecule has 34 heavy (non-hydrogen) atoms. The standard InChI is InChI=1S/C32H40N2/c33-31-27(21-23-13-5-1-6-14-23)29(25-17-9-3-10-18-25)28(22-24-15-7-2-8-16-24)32(34)30(31)26-19-11-4-12-20-26/h1-2,5-8,13-16,25-26H,3-4,9-12,17-22,33-34H2. The van der Waals surface area contributed by atoms with E-state index in [0.717, 1.165) is 24.2 Å². The van der Waals surface area contributed by atoms with Crippen molar-refractivity contribution in [2.75, 3.05) is 11.5 Å². The van der Waals surface area contributed by atoms with Crippen LogP contribution < -0.4 is 11.5 Å². The quantitative estimate of drug-likeness (QED) is 0.371. The summed E-state index contributed by atoms with van der Waals surface area (Å²) in [6.45, 7) is 0. The summed E-state index contributed by atoms with van der Waals surface area (Å²) in [6, 6.07) is 21.8. The molecule has 2 aliphatic carbocycles. The molecule has 178 valence electrons. The minimum absolute atomic E-state index is 0.498. The van der Waals surface area contributed by atoms with E-state index in [0.29, 0.717) is 11.8 Å². The van der Waals surface area contributed by atoms with Gasteiger partial charge in [0.05, 0.1) is 0 Å². The molecule has 2 heteroatoms. The van der Waals surface area contributed by atoms with Gasteiger partial charge in [0.25, 0.3) is 0 Å². The molecular weight excluding hydrogens is 412 g/mol. The SMILES string of the molecule is Nc1c(Cc2ccccc2)c(C2CCCCC2)c(Cc2ccccc2)c(N)c1C1CCCCC1. The zero-order chi connectivity index (χ0) is 23.3. The third kappa shape index (κ3) is 4.87. The van der Waals surface area contributed by atoms with E-state index in [2.05, 4.69) is 60.7 Å². The van der Waals surface area contributed by atoms with Gasteiger partial charge in [-0.1, -0.05) is 99.2 Å². The first-order valence-electron chi connectivity index (χ1n) is 13.5. The van der Waals surface area contributed by atoms with Gasteiger partial charge in [-0.15, -0.1) is 0 Å². The van der Waals surface area contributed by atoms with Crippen LogP contribution in [0.1, 0.15) is 109 Å². The molecule has 0 spiro atoms. The maximum atomic E-state index is 7.15. The Morgan fingerprint density at radius 3 is 1.29 bits per heavy atom. The second-order valence-electron chi connectivity index (χ2n) is 10.6. The van der Waals surface area contributed by atoms with Gasteiger partial charge in [-0.3, -0.25) is 0 Å². The second kappa shape index (κ2) is 10.7. The normalized spacial score (nSPS) is 17.6. The van der Waals surface area contributed by atoms with Crippen LogP contribution in [-0.2, 0) is 12.8 Å². The Balaban J connectivity index is 1.71. The predicted molar refractivity (Wildman–Crippen MR) is 145 cm³/mol. The maximum absolute atomic E-state index is 7.15. The van der Waals surface area contributed by atoms with E-state index in [1.54, 1.807) is 0 Å². The van der Waals surface area contributed by atoms with E-state index in [-0.39, 0.29) is 0 Å². The molecule has 0 bridgehead atoms. The maximum Gasteiger partial charge on any atom is 0.0409 e. The van der Waals surface area contributed by atoms with Crippen LogP contribution in [0.15, 0.2) is 60.7 Å². The Kier molecular flexibility index (Phi) is 7.23. The fraction of sp³-hybridized carbons (Fsp3) is 0.438. The molecule has 0 radical (unpaired) electrons. The zero-order valence-electron chi connectivity index (χ0n) is 20.6. The van der Waals surface area contributed by atoms with Gasteiger partial charge < -0.3 is 11.5 Å². The molecule has 0 amide bonds. The van der Waals surface area contributed by atoms with Crippen molar-refractivity contribution < 1.29 is 0 Å². The fourth-order valence-corrected chi connectivity index (χ4v) is 6.64. The Morgan fingerprint density at radius 2 is 0.882 bits per heavy atom. The summed E-state index contributed by atoms with van der Waals surface area (Å²) in [7, 11) is 0. The summed E-state index contributed by atoms with van der Waals surface area (Å²) in [6.07, 6.45) is 14.6. The van der Waals surface area contributed by atoms with Crippen molar-refractivity contribution in [3.63, 3.8) is 0 Å². The third-order valence-corrected chi connectivity index (χ3v) is 8.36. The van der Waals surface area contributed by atoms with Gasteiger partial charge in [-0.25, -0.2) is 0 Å². The van der Waals surface area contributed by atoms with E-state index in [4.69, 9.17) is 11.5 Å². The molecule has 2 nitrogen and oxygen atoms in total. The number of rotatable bonds is 6. The van der Waals surface area contributed by atoms with Gasteiger partial charge in [-0.05, 0) is 78.2 Å². The highest BCUT2D eigenvalue weighted by atomic mass is 14.7. The first kappa shape index (κ1) is 23.0. The minimum Gasteiger partial charge on any atom is -0.398 e. The molecular formula is C32H40N2. The summed E-state index contributed by atoms with van der Waals surface area (Å²) < 4.78 is 0. The predicted octanol–water partition coefficient (Wildman–Crippen LogP) is 8.13. The first-order valence-corrected chi connectivity index (χ1v) is 13.5. The smallest absolute Gasteiger partial charge is 0.0409 e. The van der Waals surface area contributed by atoms with E-state index < -0.39 is 0 Å². The van der Waals surface area contributed by atoms with Crippen molar-refractivity contribution in [2.45, 2.75) is 88.9 Å². The topological polar surface area (TPSA) is 52.0 Å². The van der Waals surface area contributed by atoms with Crippen LogP contribution in [0.25, 0.3) is 0 Å². The van der Waals surface area contributed by atoms with E-state index in [1.165, 1.54) is 97.6 Å². The van der Waals surface area contributed by atoms with Crippen molar-refractivity contribution >= 4 is 11.4 Å². The number of nitrogen functional groups attached to an aromatic ring is 2. The van der Waals surface area contributed by atoms with Crippen molar-refractivity contribution in [1.82, 2.24) is 0 Å². The van der Waals surface area contributed by atoms with Crippen LogP contribution >= 0.6 is 0 Å². The lowest BCUT2D eigenvalue weighted by atomic mass is 9.73. The molecule has 3 aromatic rings. The monoisotopic (exact) mass is 452 g/mol. The molecule has 0 aromatic heterocycles. The lowest BCUT2D eigenvalue weighted by Crippen LogP contribution is -2.20. The number of nitrogens with two attached hydrogens (primary N) is 2. The average Bonchev–Trinajstić information content (AvgIpc) is 2.89. The second-order valence-corrected chi connectivity index (χ2v) is 10.6. The highest BCUT2D eigenvalue weighted by Gasteiger charge is 2.30. The molecule has 4 N–H and O–H groups in total. The Hall–Kier alpha value is -2.74. The van der Waals surface area contributed by atoms with Gasteiger partial charge >= 0.3 is 0 Å². The molecule has 3 aromatic carbocycles. The lowest BCUT2D eigenvalue weighted by Gasteiger charge is -2.33. The molecule has 5 rings (SSSR count). The lowest BCUT2D eigenvalue weighted by molar-refractivity contribution is 0.437. The highest BCUT2D eigenvalue weighted by Crippen LogP contribution is 2.48. The number of hydrogen-bond donors (Lipinski definition) is 2. The number of anilines is 2. The number of benzene rings is 3. The fourth-order valence-electron chi connectivity index (χ4n) is 6.64. The molecule has 0 unspecified atom stereocenters. The molecule has 0 atom stereocenters. The minimum atomic E-state index is 0.498. The molecule has 0 heterocycles. The summed E-state index contributed by atoms with van der Waals surface area (Å²) in [4.78, 5) is 0. The third-order valence-electron chi connectivity index (χ3n) is 8.36. The molecule has 2 saturated carbocycles. The van der Waals surface area contributed by atoms with Crippen LogP contribution in [0.3, 0.4) is 0 Å². The van der Waals surface area contributed by atoms with Crippen LogP contribution in [0.4, 0.5) is 11.4 Å². The summed E-state index contributed by atoms with van der Waals surface area (Å²) in [5.41, 5.74) is 24.5. The highest BCUT2D eigenvalue weighted by molar-refractivity contribution is 5.75. The van der Waals surface area contributed by atoms with Crippen LogP contribution in [0.5, 0.6) is 0 Å². The van der Waals surface area contributed by atoms with E-state index in [9.17, 15) is 0 Å².